The lowest BCUT2D eigenvalue weighted by atomic mass is 9.94. The van der Waals surface area contributed by atoms with E-state index in [2.05, 4.69) is 13.8 Å². The molecule has 0 fully saturated rings. The molecule has 0 aromatic heterocycles. The maximum Gasteiger partial charge on any atom is 0.119 e. The molecular formula is C22H28O4. The molecular weight excluding hydrogens is 328 g/mol. The lowest BCUT2D eigenvalue weighted by molar-refractivity contribution is 0.104. The number of ether oxygens (including phenoxy) is 2. The molecule has 0 radical (unpaired) electrons. The summed E-state index contributed by atoms with van der Waals surface area (Å²) in [5.41, 5.74) is 4.59. The van der Waals surface area contributed by atoms with Crippen molar-refractivity contribution in [2.75, 3.05) is 19.8 Å². The number of aliphatic hydroxyl groups is 2. The highest BCUT2D eigenvalue weighted by molar-refractivity contribution is 5.82. The van der Waals surface area contributed by atoms with Crippen molar-refractivity contribution in [3.05, 3.63) is 65.2 Å². The van der Waals surface area contributed by atoms with E-state index in [-0.39, 0.29) is 6.61 Å². The largest absolute Gasteiger partial charge is 0.491 e. The molecule has 0 saturated heterocycles. The van der Waals surface area contributed by atoms with Crippen molar-refractivity contribution < 1.29 is 19.7 Å². The van der Waals surface area contributed by atoms with Gasteiger partial charge in [-0.2, -0.15) is 0 Å². The summed E-state index contributed by atoms with van der Waals surface area (Å²) in [6, 6.07) is 15.8. The van der Waals surface area contributed by atoms with Gasteiger partial charge in [-0.15, -0.1) is 0 Å². The van der Waals surface area contributed by atoms with Crippen molar-refractivity contribution in [3.8, 4) is 11.5 Å². The SMILES string of the molecule is CCC(O)COc1ccc(C(=C(C)C)c2ccc(OCCO)cc2)cc1. The monoisotopic (exact) mass is 356 g/mol. The van der Waals surface area contributed by atoms with Crippen molar-refractivity contribution in [1.82, 2.24) is 0 Å². The van der Waals surface area contributed by atoms with Gasteiger partial charge in [-0.1, -0.05) is 36.8 Å². The predicted molar refractivity (Wildman–Crippen MR) is 105 cm³/mol. The average Bonchev–Trinajstić information content (AvgIpc) is 2.66. The zero-order valence-electron chi connectivity index (χ0n) is 15.7. The zero-order chi connectivity index (χ0) is 18.9. The first-order chi connectivity index (χ1) is 12.5. The fourth-order valence-electron chi connectivity index (χ4n) is 2.65. The minimum Gasteiger partial charge on any atom is -0.491 e. The van der Waals surface area contributed by atoms with E-state index >= 15 is 0 Å². The molecule has 2 aromatic rings. The Labute approximate surface area is 155 Å². The molecule has 0 spiro atoms. The first-order valence-corrected chi connectivity index (χ1v) is 8.98. The summed E-state index contributed by atoms with van der Waals surface area (Å²) < 4.78 is 11.0. The number of hydrogen-bond acceptors (Lipinski definition) is 4. The molecule has 0 heterocycles. The van der Waals surface area contributed by atoms with Gasteiger partial charge in [-0.3, -0.25) is 0 Å². The van der Waals surface area contributed by atoms with Crippen LogP contribution in [0.3, 0.4) is 0 Å². The van der Waals surface area contributed by atoms with Crippen LogP contribution >= 0.6 is 0 Å². The molecule has 4 nitrogen and oxygen atoms in total. The Bertz CT molecular complexity index is 698. The van der Waals surface area contributed by atoms with Gasteiger partial charge in [0, 0.05) is 0 Å². The van der Waals surface area contributed by atoms with Crippen LogP contribution in [0.15, 0.2) is 54.1 Å². The van der Waals surface area contributed by atoms with Crippen molar-refractivity contribution in [3.63, 3.8) is 0 Å². The van der Waals surface area contributed by atoms with Crippen LogP contribution in [0, 0.1) is 0 Å². The number of benzene rings is 2. The fraction of sp³-hybridized carbons (Fsp3) is 0.364. The minimum atomic E-state index is -0.436. The number of allylic oxidation sites excluding steroid dienone is 1. The second kappa shape index (κ2) is 10.00. The van der Waals surface area contributed by atoms with E-state index in [1.807, 2.05) is 55.5 Å². The summed E-state index contributed by atoms with van der Waals surface area (Å²) in [7, 11) is 0. The molecule has 0 bridgehead atoms. The zero-order valence-corrected chi connectivity index (χ0v) is 15.7. The van der Waals surface area contributed by atoms with E-state index in [1.165, 1.54) is 11.1 Å². The van der Waals surface area contributed by atoms with Crippen LogP contribution in [0.5, 0.6) is 11.5 Å². The van der Waals surface area contributed by atoms with Crippen LogP contribution < -0.4 is 9.47 Å². The van der Waals surface area contributed by atoms with E-state index in [4.69, 9.17) is 14.6 Å². The summed E-state index contributed by atoms with van der Waals surface area (Å²) in [6.07, 6.45) is 0.243. The third kappa shape index (κ3) is 5.61. The maximum atomic E-state index is 9.60. The molecule has 0 aliphatic rings. The fourth-order valence-corrected chi connectivity index (χ4v) is 2.65. The van der Waals surface area contributed by atoms with Crippen molar-refractivity contribution in [2.45, 2.75) is 33.3 Å². The minimum absolute atomic E-state index is 0.00464. The van der Waals surface area contributed by atoms with Crippen LogP contribution in [0.1, 0.15) is 38.3 Å². The van der Waals surface area contributed by atoms with Gasteiger partial charge in [-0.25, -0.2) is 0 Å². The first kappa shape index (κ1) is 20.0. The lowest BCUT2D eigenvalue weighted by Crippen LogP contribution is -2.15. The summed E-state index contributed by atoms with van der Waals surface area (Å²) in [5, 5.41) is 18.4. The van der Waals surface area contributed by atoms with Gasteiger partial charge in [0.15, 0.2) is 0 Å². The van der Waals surface area contributed by atoms with Gasteiger partial charge >= 0.3 is 0 Å². The van der Waals surface area contributed by atoms with Crippen molar-refractivity contribution in [2.24, 2.45) is 0 Å². The topological polar surface area (TPSA) is 58.9 Å². The molecule has 2 rings (SSSR count). The van der Waals surface area contributed by atoms with Crippen LogP contribution in [-0.4, -0.2) is 36.1 Å². The predicted octanol–water partition coefficient (Wildman–Crippen LogP) is 4.05. The third-order valence-electron chi connectivity index (χ3n) is 4.06. The Hall–Kier alpha value is -2.30. The summed E-state index contributed by atoms with van der Waals surface area (Å²) in [6.45, 7) is 6.72. The summed E-state index contributed by atoms with van der Waals surface area (Å²) >= 11 is 0. The van der Waals surface area contributed by atoms with Crippen molar-refractivity contribution in [1.29, 1.82) is 0 Å². The average molecular weight is 356 g/mol. The van der Waals surface area contributed by atoms with Gasteiger partial charge in [0.2, 0.25) is 0 Å². The molecule has 4 heteroatoms. The summed E-state index contributed by atoms with van der Waals surface area (Å²) in [4.78, 5) is 0. The van der Waals surface area contributed by atoms with Crippen LogP contribution in [-0.2, 0) is 0 Å². The molecule has 140 valence electrons. The smallest absolute Gasteiger partial charge is 0.119 e. The molecule has 0 aliphatic heterocycles. The Morgan fingerprint density at radius 2 is 1.38 bits per heavy atom. The van der Waals surface area contributed by atoms with E-state index in [0.717, 1.165) is 22.6 Å². The Morgan fingerprint density at radius 3 is 1.81 bits per heavy atom. The third-order valence-corrected chi connectivity index (χ3v) is 4.06. The Morgan fingerprint density at radius 1 is 0.885 bits per heavy atom. The van der Waals surface area contributed by atoms with Crippen LogP contribution in [0.2, 0.25) is 0 Å². The number of rotatable bonds is 9. The highest BCUT2D eigenvalue weighted by atomic mass is 16.5. The Kier molecular flexibility index (Phi) is 7.70. The molecule has 0 saturated carbocycles. The van der Waals surface area contributed by atoms with Gasteiger partial charge < -0.3 is 19.7 Å². The highest BCUT2D eigenvalue weighted by Gasteiger charge is 2.09. The summed E-state index contributed by atoms with van der Waals surface area (Å²) in [5.74, 6) is 1.50. The normalized spacial score (nSPS) is 11.7. The second-order valence-corrected chi connectivity index (χ2v) is 6.37. The number of hydrogen-bond donors (Lipinski definition) is 2. The molecule has 2 aromatic carbocycles. The number of aliphatic hydroxyl groups excluding tert-OH is 2. The molecule has 1 unspecified atom stereocenters. The van der Waals surface area contributed by atoms with Crippen molar-refractivity contribution >= 4 is 5.57 Å². The van der Waals surface area contributed by atoms with E-state index in [1.54, 1.807) is 0 Å². The van der Waals surface area contributed by atoms with Crippen LogP contribution in [0.4, 0.5) is 0 Å². The van der Waals surface area contributed by atoms with Gasteiger partial charge in [0.1, 0.15) is 24.7 Å². The van der Waals surface area contributed by atoms with Gasteiger partial charge in [0.05, 0.1) is 12.7 Å². The maximum absolute atomic E-state index is 9.60. The van der Waals surface area contributed by atoms with E-state index < -0.39 is 6.10 Å². The van der Waals surface area contributed by atoms with Gasteiger partial charge in [0.25, 0.3) is 0 Å². The highest BCUT2D eigenvalue weighted by Crippen LogP contribution is 2.29. The molecule has 1 atom stereocenters. The van der Waals surface area contributed by atoms with E-state index in [0.29, 0.717) is 19.6 Å². The first-order valence-electron chi connectivity index (χ1n) is 8.98. The molecule has 0 aliphatic carbocycles. The molecule has 26 heavy (non-hydrogen) atoms. The quantitative estimate of drug-likeness (QED) is 0.712. The second-order valence-electron chi connectivity index (χ2n) is 6.37. The lowest BCUT2D eigenvalue weighted by Gasteiger charge is -2.14. The molecule has 2 N–H and O–H groups in total. The van der Waals surface area contributed by atoms with Crippen LogP contribution in [0.25, 0.3) is 5.57 Å². The Balaban J connectivity index is 2.16. The molecule has 0 amide bonds. The van der Waals surface area contributed by atoms with E-state index in [9.17, 15) is 5.11 Å². The standard InChI is InChI=1S/C22H28O4/c1-4-19(24)15-26-21-11-7-18(8-12-21)22(16(2)3)17-5-9-20(10-6-17)25-14-13-23/h5-12,19,23-24H,4,13-15H2,1-3H3. The van der Waals surface area contributed by atoms with Gasteiger partial charge in [-0.05, 0) is 61.2 Å².